The zero-order valence-corrected chi connectivity index (χ0v) is 46.4. The number of allylic oxidation sites excluding steroid dienone is 4. The van der Waals surface area contributed by atoms with Crippen LogP contribution in [0.4, 0.5) is 0 Å². The number of unbranched alkanes of at least 4 members (excludes halogenated alkanes) is 34. The molecule has 12 heteroatoms. The van der Waals surface area contributed by atoms with Crippen LogP contribution in [0.25, 0.3) is 0 Å². The Balaban J connectivity index is 4.70. The first kappa shape index (κ1) is 68.0. The number of aliphatic hydroxyl groups excluding tert-OH is 1. The summed E-state index contributed by atoms with van der Waals surface area (Å²) in [5.74, 6) is -1.46. The number of carbonyl (C=O) groups excluding carboxylic acids is 3. The summed E-state index contributed by atoms with van der Waals surface area (Å²) in [5.41, 5.74) is 0. The van der Waals surface area contributed by atoms with Gasteiger partial charge >= 0.3 is 25.7 Å². The minimum atomic E-state index is -4.74. The van der Waals surface area contributed by atoms with E-state index in [9.17, 15) is 28.9 Å². The van der Waals surface area contributed by atoms with Gasteiger partial charge in [-0.1, -0.05) is 231 Å². The molecule has 0 aliphatic heterocycles. The molecule has 0 aliphatic rings. The van der Waals surface area contributed by atoms with Crippen molar-refractivity contribution in [1.82, 2.24) is 0 Å². The third-order valence-electron chi connectivity index (χ3n) is 12.8. The summed E-state index contributed by atoms with van der Waals surface area (Å²) < 4.78 is 39.5. The number of ether oxygens (including phenoxy) is 3. The second-order valence-electron chi connectivity index (χ2n) is 19.8. The third-order valence-corrected chi connectivity index (χ3v) is 13.8. The summed E-state index contributed by atoms with van der Waals surface area (Å²) in [6, 6.07) is 0. The quantitative estimate of drug-likeness (QED) is 0.0197. The molecular formula is C58H109O11P. The summed E-state index contributed by atoms with van der Waals surface area (Å²) >= 11 is 0. The van der Waals surface area contributed by atoms with Crippen LogP contribution in [0, 0.1) is 0 Å². The fraction of sp³-hybridized carbons (Fsp3) is 0.879. The van der Waals surface area contributed by atoms with Crippen LogP contribution in [-0.4, -0.2) is 66.5 Å². The molecule has 0 bridgehead atoms. The van der Waals surface area contributed by atoms with E-state index in [0.717, 1.165) is 83.5 Å². The molecule has 70 heavy (non-hydrogen) atoms. The van der Waals surface area contributed by atoms with E-state index < -0.39 is 57.8 Å². The van der Waals surface area contributed by atoms with E-state index in [0.29, 0.717) is 19.3 Å². The molecule has 0 amide bonds. The lowest BCUT2D eigenvalue weighted by atomic mass is 10.0. The minimum absolute atomic E-state index is 0.167. The first-order chi connectivity index (χ1) is 34.2. The van der Waals surface area contributed by atoms with Gasteiger partial charge in [0.15, 0.2) is 6.10 Å². The van der Waals surface area contributed by atoms with Crippen molar-refractivity contribution in [3.63, 3.8) is 0 Å². The highest BCUT2D eigenvalue weighted by atomic mass is 31.2. The van der Waals surface area contributed by atoms with Crippen LogP contribution in [0.1, 0.15) is 290 Å². The Bertz CT molecular complexity index is 1270. The number of phosphoric acid groups is 1. The van der Waals surface area contributed by atoms with Crippen LogP contribution >= 0.6 is 7.82 Å². The van der Waals surface area contributed by atoms with Crippen molar-refractivity contribution in [2.45, 2.75) is 303 Å². The zero-order valence-electron chi connectivity index (χ0n) is 45.5. The second kappa shape index (κ2) is 53.3. The van der Waals surface area contributed by atoms with Crippen LogP contribution in [0.5, 0.6) is 0 Å². The van der Waals surface area contributed by atoms with E-state index in [2.05, 4.69) is 45.1 Å². The molecule has 0 saturated carbocycles. The molecule has 0 saturated heterocycles. The summed E-state index contributed by atoms with van der Waals surface area (Å²) in [4.78, 5) is 48.5. The largest absolute Gasteiger partial charge is 0.472 e. The molecule has 2 N–H and O–H groups in total. The van der Waals surface area contributed by atoms with E-state index in [1.807, 2.05) is 0 Å². The van der Waals surface area contributed by atoms with Gasteiger partial charge in [0.25, 0.3) is 0 Å². The molecule has 0 aromatic heterocycles. The van der Waals surface area contributed by atoms with Gasteiger partial charge in [-0.2, -0.15) is 0 Å². The molecular weight excluding hydrogens is 904 g/mol. The maximum Gasteiger partial charge on any atom is 0.472 e. The molecule has 0 fully saturated rings. The average molecular weight is 1010 g/mol. The van der Waals surface area contributed by atoms with Crippen LogP contribution in [-0.2, 0) is 42.2 Å². The van der Waals surface area contributed by atoms with Crippen molar-refractivity contribution in [2.24, 2.45) is 0 Å². The van der Waals surface area contributed by atoms with Crippen molar-refractivity contribution in [1.29, 1.82) is 0 Å². The van der Waals surface area contributed by atoms with Crippen LogP contribution in [0.2, 0.25) is 0 Å². The van der Waals surface area contributed by atoms with Gasteiger partial charge in [-0.05, 0) is 64.2 Å². The summed E-state index contributed by atoms with van der Waals surface area (Å²) in [5, 5.41) is 9.79. The fourth-order valence-electron chi connectivity index (χ4n) is 8.33. The smallest absolute Gasteiger partial charge is 0.462 e. The van der Waals surface area contributed by atoms with Crippen LogP contribution < -0.4 is 0 Å². The van der Waals surface area contributed by atoms with E-state index in [1.165, 1.54) is 148 Å². The predicted octanol–water partition coefficient (Wildman–Crippen LogP) is 17.0. The average Bonchev–Trinajstić information content (AvgIpc) is 3.35. The third kappa shape index (κ3) is 50.9. The van der Waals surface area contributed by atoms with Crippen molar-refractivity contribution in [2.75, 3.05) is 26.4 Å². The SMILES string of the molecule is CCCC/C=C\CCCCCCCC(=O)OC(CO)COP(=O)(O)OCC(COC(=O)CCCCCCCCCCCCCCCCC)OC(=O)CCCCCCCCC/C=C\CCCCCCCC. The number of phosphoric ester groups is 1. The second-order valence-corrected chi connectivity index (χ2v) is 21.3. The standard InChI is InChI=1S/C58H109O11P/c1-4-7-10-13-16-19-22-24-26-27-29-31-34-37-40-43-46-49-58(62)69-55(51-65-56(60)47-44-41-38-35-33-30-28-25-23-20-17-14-11-8-5-2)53-67-70(63,64)66-52-54(50-59)68-57(61)48-45-42-39-36-32-21-18-15-12-9-6-3/h15,18,24,26,54-55,59H,4-14,16-17,19-23,25,27-53H2,1-3H3,(H,63,64)/b18-15-,26-24-. The van der Waals surface area contributed by atoms with E-state index in [4.69, 9.17) is 23.3 Å². The highest BCUT2D eigenvalue weighted by molar-refractivity contribution is 7.47. The van der Waals surface area contributed by atoms with Crippen molar-refractivity contribution < 1.29 is 52.2 Å². The maximum absolute atomic E-state index is 12.9. The highest BCUT2D eigenvalue weighted by Crippen LogP contribution is 2.43. The molecule has 11 nitrogen and oxygen atoms in total. The zero-order chi connectivity index (χ0) is 51.3. The molecule has 0 aromatic carbocycles. The van der Waals surface area contributed by atoms with Gasteiger partial charge in [0.2, 0.25) is 0 Å². The van der Waals surface area contributed by atoms with Gasteiger partial charge < -0.3 is 24.2 Å². The first-order valence-electron chi connectivity index (χ1n) is 29.2. The van der Waals surface area contributed by atoms with Gasteiger partial charge in [-0.25, -0.2) is 4.57 Å². The van der Waals surface area contributed by atoms with E-state index >= 15 is 0 Å². The molecule has 0 aliphatic carbocycles. The molecule has 0 radical (unpaired) electrons. The topological polar surface area (TPSA) is 155 Å². The number of carbonyl (C=O) groups is 3. The molecule has 412 valence electrons. The van der Waals surface area contributed by atoms with Crippen molar-refractivity contribution in [3.05, 3.63) is 24.3 Å². The monoisotopic (exact) mass is 1010 g/mol. The summed E-state index contributed by atoms with van der Waals surface area (Å²) in [6.07, 6.45) is 52.8. The number of aliphatic hydroxyl groups is 1. The molecule has 0 heterocycles. The van der Waals surface area contributed by atoms with Crippen molar-refractivity contribution >= 4 is 25.7 Å². The summed E-state index contributed by atoms with van der Waals surface area (Å²) in [6.45, 7) is 4.63. The Hall–Kier alpha value is -2.04. The highest BCUT2D eigenvalue weighted by Gasteiger charge is 2.28. The normalized spacial score (nSPS) is 13.5. The first-order valence-corrected chi connectivity index (χ1v) is 30.7. The molecule has 0 spiro atoms. The number of esters is 3. The van der Waals surface area contributed by atoms with E-state index in [-0.39, 0.29) is 25.9 Å². The predicted molar refractivity (Wildman–Crippen MR) is 289 cm³/mol. The fourth-order valence-corrected chi connectivity index (χ4v) is 9.12. The maximum atomic E-state index is 12.9. The number of rotatable bonds is 55. The van der Waals surface area contributed by atoms with Crippen LogP contribution in [0.15, 0.2) is 24.3 Å². The number of hydrogen-bond acceptors (Lipinski definition) is 10. The van der Waals surface area contributed by atoms with Gasteiger partial charge in [0, 0.05) is 19.3 Å². The Labute approximate surface area is 429 Å². The Morgan fingerprint density at radius 3 is 1.03 bits per heavy atom. The lowest BCUT2D eigenvalue weighted by molar-refractivity contribution is -0.161. The van der Waals surface area contributed by atoms with Crippen molar-refractivity contribution in [3.8, 4) is 0 Å². The molecule has 3 atom stereocenters. The Morgan fingerprint density at radius 2 is 0.671 bits per heavy atom. The van der Waals surface area contributed by atoms with Gasteiger partial charge in [-0.3, -0.25) is 23.4 Å². The lowest BCUT2D eigenvalue weighted by Crippen LogP contribution is -2.30. The minimum Gasteiger partial charge on any atom is -0.462 e. The van der Waals surface area contributed by atoms with Crippen LogP contribution in [0.3, 0.4) is 0 Å². The van der Waals surface area contributed by atoms with Gasteiger partial charge in [-0.15, -0.1) is 0 Å². The number of hydrogen-bond donors (Lipinski definition) is 2. The molecule has 0 rings (SSSR count). The van der Waals surface area contributed by atoms with Gasteiger partial charge in [0.05, 0.1) is 19.8 Å². The lowest BCUT2D eigenvalue weighted by Gasteiger charge is -2.21. The van der Waals surface area contributed by atoms with Gasteiger partial charge in [0.1, 0.15) is 12.7 Å². The Morgan fingerprint density at radius 1 is 0.386 bits per heavy atom. The molecule has 3 unspecified atom stereocenters. The summed E-state index contributed by atoms with van der Waals surface area (Å²) in [7, 11) is -4.74. The Kier molecular flexibility index (Phi) is 51.7. The van der Waals surface area contributed by atoms with E-state index in [1.54, 1.807) is 0 Å². The molecule has 0 aromatic rings.